The summed E-state index contributed by atoms with van der Waals surface area (Å²) in [5.74, 6) is -0.930. The maximum absolute atomic E-state index is 14.0. The second-order valence-corrected chi connectivity index (χ2v) is 22.2. The molecule has 4 aromatic rings. The molecule has 0 spiro atoms. The second-order valence-electron chi connectivity index (χ2n) is 19.2. The minimum atomic E-state index is -4.02. The Labute approximate surface area is 386 Å². The van der Waals surface area contributed by atoms with Gasteiger partial charge in [-0.25, -0.2) is 13.2 Å². The van der Waals surface area contributed by atoms with Gasteiger partial charge in [-0.05, 0) is 97.0 Å². The summed E-state index contributed by atoms with van der Waals surface area (Å²) in [4.78, 5) is 30.7. The predicted molar refractivity (Wildman–Crippen MR) is 248 cm³/mol. The Kier molecular flexibility index (Phi) is 14.3. The highest BCUT2D eigenvalue weighted by Gasteiger charge is 2.44. The molecular weight excluding hydrogens is 869 g/mol. The molecule has 0 bridgehead atoms. The molecule has 65 heavy (non-hydrogen) atoms. The summed E-state index contributed by atoms with van der Waals surface area (Å²) >= 11 is 1.62. The number of anilines is 1. The third-order valence-corrected chi connectivity index (χ3v) is 16.4. The van der Waals surface area contributed by atoms with E-state index in [-0.39, 0.29) is 67.1 Å². The van der Waals surface area contributed by atoms with E-state index in [1.807, 2.05) is 56.3 Å². The highest BCUT2D eigenvalue weighted by atomic mass is 32.2. The molecule has 8 rings (SSSR count). The number of fused-ring (bicyclic) bond motifs is 2. The lowest BCUT2D eigenvalue weighted by Gasteiger charge is -2.30. The van der Waals surface area contributed by atoms with Gasteiger partial charge in [0.15, 0.2) is 6.29 Å². The molecule has 0 saturated carbocycles. The SMILES string of the molecule is COc1ccc(S(=O)(=O)N(CC(C)C)C[C@@H](O)[C@@H](CC(=O)O[C@H]2CO[C@H]3OCC[C@H]32)Cc2ccc(O[C@@H]3CCN(c4ccccc4-c4sc5c(c4C(=O)O)CC(C)(C)CC5)C3)cc2)cc1. The number of aryl methyl sites for hydroxylation is 1. The molecule has 3 aliphatic heterocycles. The first-order chi connectivity index (χ1) is 31.1. The summed E-state index contributed by atoms with van der Waals surface area (Å²) in [7, 11) is -2.50. The van der Waals surface area contributed by atoms with Crippen LogP contribution in [0, 0.1) is 23.2 Å². The van der Waals surface area contributed by atoms with Gasteiger partial charge in [-0.2, -0.15) is 4.31 Å². The van der Waals surface area contributed by atoms with Crippen LogP contribution in [0.5, 0.6) is 11.5 Å². The van der Waals surface area contributed by atoms with Crippen LogP contribution in [0.1, 0.15) is 79.7 Å². The van der Waals surface area contributed by atoms with E-state index in [4.69, 9.17) is 23.7 Å². The van der Waals surface area contributed by atoms with Crippen molar-refractivity contribution in [2.75, 3.05) is 51.4 Å². The molecule has 0 radical (unpaired) electrons. The molecule has 3 saturated heterocycles. The van der Waals surface area contributed by atoms with Crippen molar-refractivity contribution in [2.45, 2.75) is 102 Å². The van der Waals surface area contributed by atoms with Crippen LogP contribution in [0.25, 0.3) is 10.4 Å². The first-order valence-electron chi connectivity index (χ1n) is 22.8. The Morgan fingerprint density at radius 3 is 2.45 bits per heavy atom. The summed E-state index contributed by atoms with van der Waals surface area (Å²) in [5, 5.41) is 22.4. The lowest BCUT2D eigenvalue weighted by molar-refractivity contribution is -0.153. The molecule has 1 aromatic heterocycles. The van der Waals surface area contributed by atoms with E-state index in [1.54, 1.807) is 23.5 Å². The van der Waals surface area contributed by atoms with Crippen LogP contribution in [0.2, 0.25) is 0 Å². The van der Waals surface area contributed by atoms with Gasteiger partial charge < -0.3 is 38.8 Å². The van der Waals surface area contributed by atoms with E-state index < -0.39 is 40.1 Å². The van der Waals surface area contributed by atoms with Gasteiger partial charge in [0.2, 0.25) is 10.0 Å². The number of carbonyl (C=O) groups is 2. The summed E-state index contributed by atoms with van der Waals surface area (Å²) < 4.78 is 58.4. The number of thiophene rings is 1. The Hall–Kier alpha value is -4.51. The number of sulfonamides is 1. The van der Waals surface area contributed by atoms with Gasteiger partial charge in [-0.1, -0.05) is 58.0 Å². The number of esters is 1. The van der Waals surface area contributed by atoms with Crippen LogP contribution in [0.4, 0.5) is 5.69 Å². The van der Waals surface area contributed by atoms with E-state index in [1.165, 1.54) is 28.4 Å². The first-order valence-corrected chi connectivity index (χ1v) is 25.1. The van der Waals surface area contributed by atoms with Crippen LogP contribution >= 0.6 is 11.3 Å². The van der Waals surface area contributed by atoms with Crippen molar-refractivity contribution >= 4 is 39.0 Å². The number of rotatable bonds is 18. The average molecular weight is 931 g/mol. The number of hydrogen-bond acceptors (Lipinski definition) is 12. The Morgan fingerprint density at radius 2 is 1.72 bits per heavy atom. The molecule has 3 aromatic carbocycles. The largest absolute Gasteiger partial charge is 0.497 e. The van der Waals surface area contributed by atoms with Gasteiger partial charge >= 0.3 is 11.9 Å². The van der Waals surface area contributed by atoms with Gasteiger partial charge in [0, 0.05) is 48.1 Å². The highest BCUT2D eigenvalue weighted by molar-refractivity contribution is 7.89. The molecule has 350 valence electrons. The Bertz CT molecular complexity index is 2420. The monoisotopic (exact) mass is 930 g/mol. The highest BCUT2D eigenvalue weighted by Crippen LogP contribution is 2.47. The van der Waals surface area contributed by atoms with E-state index in [0.717, 1.165) is 65.9 Å². The predicted octanol–water partition coefficient (Wildman–Crippen LogP) is 7.86. The van der Waals surface area contributed by atoms with Crippen molar-refractivity contribution in [1.29, 1.82) is 0 Å². The van der Waals surface area contributed by atoms with Gasteiger partial charge in [0.25, 0.3) is 0 Å². The quantitative estimate of drug-likeness (QED) is 0.0932. The standard InChI is InChI=1S/C50H62N2O11S2/c1-31(2)27-52(65(57,58)37-16-14-34(59-5)15-17-37)29-42(53)33(25-45(54)63-43-30-61-49-39(43)20-23-60-49)24-32-10-12-35(13-11-32)62-36-19-22-51(28-36)41-9-7-6-8-38(41)47-46(48(55)56)40-26-50(3,4)21-18-44(40)64-47/h6-17,31,33,36,39,42-43,49,53H,18-30H2,1-5H3,(H,55,56)/t33-,36-,39+,42-,43+,49-/m1/s1. The topological polar surface area (TPSA) is 161 Å². The fourth-order valence-electron chi connectivity index (χ4n) is 9.78. The first kappa shape index (κ1) is 47.0. The summed E-state index contributed by atoms with van der Waals surface area (Å²) in [6, 6.07) is 21.9. The lowest BCUT2D eigenvalue weighted by atomic mass is 9.76. The maximum Gasteiger partial charge on any atom is 0.337 e. The van der Waals surface area contributed by atoms with E-state index in [9.17, 15) is 28.2 Å². The van der Waals surface area contributed by atoms with Crippen LogP contribution in [-0.4, -0.2) is 106 Å². The summed E-state index contributed by atoms with van der Waals surface area (Å²) in [6.07, 6.45) is 2.17. The second kappa shape index (κ2) is 19.8. The maximum atomic E-state index is 14.0. The van der Waals surface area contributed by atoms with Gasteiger partial charge in [-0.15, -0.1) is 11.3 Å². The fourth-order valence-corrected chi connectivity index (χ4v) is 12.7. The number of benzene rings is 3. The number of para-hydroxylation sites is 1. The zero-order chi connectivity index (χ0) is 46.0. The van der Waals surface area contributed by atoms with Crippen molar-refractivity contribution in [1.82, 2.24) is 4.31 Å². The summed E-state index contributed by atoms with van der Waals surface area (Å²) in [5.41, 5.74) is 4.26. The Morgan fingerprint density at radius 1 is 0.985 bits per heavy atom. The number of carboxylic acids is 1. The smallest absolute Gasteiger partial charge is 0.337 e. The van der Waals surface area contributed by atoms with E-state index >= 15 is 0 Å². The Balaban J connectivity index is 0.961. The van der Waals surface area contributed by atoms with E-state index in [2.05, 4.69) is 24.8 Å². The van der Waals surface area contributed by atoms with Crippen LogP contribution in [0.3, 0.4) is 0 Å². The van der Waals surface area contributed by atoms with Crippen molar-refractivity contribution in [3.8, 4) is 21.9 Å². The molecule has 1 aliphatic carbocycles. The number of carbonyl (C=O) groups excluding carboxylic acids is 1. The molecular formula is C50H62N2O11S2. The number of ether oxygens (including phenoxy) is 5. The molecule has 6 atom stereocenters. The third-order valence-electron chi connectivity index (χ3n) is 13.2. The molecule has 3 fully saturated rings. The molecule has 4 heterocycles. The molecule has 0 amide bonds. The number of carboxylic acid groups (broad SMARTS) is 1. The van der Waals surface area contributed by atoms with Gasteiger partial charge in [0.1, 0.15) is 23.7 Å². The zero-order valence-corrected chi connectivity index (χ0v) is 39.6. The number of aliphatic hydroxyl groups is 1. The molecule has 13 nitrogen and oxygen atoms in total. The number of aromatic carboxylic acids is 1. The van der Waals surface area contributed by atoms with Crippen LogP contribution in [-0.2, 0) is 48.3 Å². The summed E-state index contributed by atoms with van der Waals surface area (Å²) in [6.45, 7) is 10.4. The molecule has 2 N–H and O–H groups in total. The minimum Gasteiger partial charge on any atom is -0.497 e. The lowest BCUT2D eigenvalue weighted by Crippen LogP contribution is -2.43. The fraction of sp³-hybridized carbons (Fsp3) is 0.520. The normalized spacial score (nSPS) is 22.4. The van der Waals surface area contributed by atoms with Crippen molar-refractivity contribution < 1.29 is 51.9 Å². The number of hydrogen-bond donors (Lipinski definition) is 2. The number of aliphatic hydroxyl groups excluding tert-OH is 1. The third kappa shape index (κ3) is 10.7. The van der Waals surface area contributed by atoms with Crippen LogP contribution in [0.15, 0.2) is 77.7 Å². The average Bonchev–Trinajstić information content (AvgIpc) is 4.09. The molecule has 15 heteroatoms. The molecule has 4 aliphatic rings. The number of methoxy groups -OCH3 is 1. The van der Waals surface area contributed by atoms with Crippen molar-refractivity contribution in [3.05, 3.63) is 94.4 Å². The van der Waals surface area contributed by atoms with E-state index in [0.29, 0.717) is 30.2 Å². The molecule has 0 unspecified atom stereocenters. The van der Waals surface area contributed by atoms with Gasteiger partial charge in [0.05, 0.1) is 60.6 Å². The van der Waals surface area contributed by atoms with Crippen molar-refractivity contribution in [3.63, 3.8) is 0 Å². The number of nitrogens with zero attached hydrogens (tertiary/aromatic N) is 2. The minimum absolute atomic E-state index is 0.0410. The van der Waals surface area contributed by atoms with Crippen molar-refractivity contribution in [2.24, 2.45) is 23.2 Å². The van der Waals surface area contributed by atoms with Gasteiger partial charge in [-0.3, -0.25) is 4.79 Å². The zero-order valence-electron chi connectivity index (χ0n) is 37.9. The van der Waals surface area contributed by atoms with Crippen LogP contribution < -0.4 is 14.4 Å².